The molecule has 1 rings (SSSR count). The van der Waals surface area contributed by atoms with E-state index in [9.17, 15) is 4.79 Å². The number of hydrogen-bond donors (Lipinski definition) is 1. The quantitative estimate of drug-likeness (QED) is 0.867. The van der Waals surface area contributed by atoms with Crippen LogP contribution in [-0.2, 0) is 0 Å². The number of rotatable bonds is 4. The highest BCUT2D eigenvalue weighted by Crippen LogP contribution is 2.16. The van der Waals surface area contributed by atoms with Gasteiger partial charge in [0, 0.05) is 10.9 Å². The summed E-state index contributed by atoms with van der Waals surface area (Å²) in [5.74, 6) is -0.0376. The maximum atomic E-state index is 11.8. The second-order valence-electron chi connectivity index (χ2n) is 3.75. The van der Waals surface area contributed by atoms with Crippen LogP contribution in [0.3, 0.4) is 0 Å². The molecule has 1 aromatic rings. The van der Waals surface area contributed by atoms with Crippen molar-refractivity contribution in [1.29, 1.82) is 0 Å². The molecule has 15 heavy (non-hydrogen) atoms. The summed E-state index contributed by atoms with van der Waals surface area (Å²) in [4.78, 5) is 16.6. The summed E-state index contributed by atoms with van der Waals surface area (Å²) in [5, 5.41) is 4.67. The van der Waals surface area contributed by atoms with Gasteiger partial charge in [-0.15, -0.1) is 11.3 Å². The van der Waals surface area contributed by atoms with Gasteiger partial charge in [-0.05, 0) is 20.3 Å². The molecule has 0 aromatic carbocycles. The molecule has 0 aliphatic rings. The molecular weight excluding hydrogens is 276 g/mol. The molecule has 1 aromatic heterocycles. The number of carbonyl (C=O) groups excluding carboxylic acids is 1. The number of hydrogen-bond acceptors (Lipinski definition) is 3. The van der Waals surface area contributed by atoms with Gasteiger partial charge in [-0.3, -0.25) is 4.79 Å². The average Bonchev–Trinajstić information content (AvgIpc) is 2.65. The van der Waals surface area contributed by atoms with Crippen LogP contribution in [0.5, 0.6) is 0 Å². The number of amides is 1. The third kappa shape index (κ3) is 3.28. The second kappa shape index (κ2) is 5.07. The smallest absolute Gasteiger partial charge is 0.263 e. The van der Waals surface area contributed by atoms with E-state index < -0.39 is 0 Å². The van der Waals surface area contributed by atoms with Gasteiger partial charge in [0.1, 0.15) is 4.88 Å². The summed E-state index contributed by atoms with van der Waals surface area (Å²) in [7, 11) is 0. The molecular formula is C10H15BrN2OS. The molecule has 1 N–H and O–H groups in total. The Bertz CT molecular complexity index is 347. The first-order valence-electron chi connectivity index (χ1n) is 4.81. The van der Waals surface area contributed by atoms with Crippen LogP contribution < -0.4 is 5.32 Å². The third-order valence-corrected chi connectivity index (χ3v) is 4.48. The number of aromatic nitrogens is 1. The standard InChI is InChI=1S/C10H15BrN2OS/c1-4-10(3,6-11)13-9(14)8-5-12-7(2)15-8/h5H,4,6H2,1-3H3,(H,13,14). The predicted molar refractivity (Wildman–Crippen MR) is 66.8 cm³/mol. The van der Waals surface area contributed by atoms with E-state index in [0.29, 0.717) is 4.88 Å². The van der Waals surface area contributed by atoms with Gasteiger partial charge in [0.25, 0.3) is 5.91 Å². The maximum Gasteiger partial charge on any atom is 0.263 e. The van der Waals surface area contributed by atoms with Crippen LogP contribution in [0.2, 0.25) is 0 Å². The molecule has 1 amide bonds. The molecule has 0 aliphatic carbocycles. The van der Waals surface area contributed by atoms with Crippen LogP contribution in [-0.4, -0.2) is 21.8 Å². The van der Waals surface area contributed by atoms with Crippen LogP contribution in [0.1, 0.15) is 34.9 Å². The molecule has 0 saturated heterocycles. The number of thiazole rings is 1. The van der Waals surface area contributed by atoms with Gasteiger partial charge in [-0.2, -0.15) is 0 Å². The molecule has 0 radical (unpaired) electrons. The van der Waals surface area contributed by atoms with Gasteiger partial charge < -0.3 is 5.32 Å². The molecule has 0 bridgehead atoms. The van der Waals surface area contributed by atoms with Gasteiger partial charge in [-0.25, -0.2) is 4.98 Å². The Morgan fingerprint density at radius 3 is 2.80 bits per heavy atom. The minimum absolute atomic E-state index is 0.0376. The van der Waals surface area contributed by atoms with E-state index in [1.54, 1.807) is 6.20 Å². The van der Waals surface area contributed by atoms with Crippen molar-refractivity contribution in [3.63, 3.8) is 0 Å². The van der Waals surface area contributed by atoms with Crippen molar-refractivity contribution < 1.29 is 4.79 Å². The summed E-state index contributed by atoms with van der Waals surface area (Å²) in [6.07, 6.45) is 2.52. The van der Waals surface area contributed by atoms with Crippen LogP contribution in [0.15, 0.2) is 6.20 Å². The molecule has 0 aliphatic heterocycles. The molecule has 5 heteroatoms. The fourth-order valence-electron chi connectivity index (χ4n) is 1.02. The van der Waals surface area contributed by atoms with Gasteiger partial charge in [0.15, 0.2) is 0 Å². The van der Waals surface area contributed by atoms with Crippen LogP contribution in [0.25, 0.3) is 0 Å². The molecule has 84 valence electrons. The third-order valence-electron chi connectivity index (χ3n) is 2.34. The van der Waals surface area contributed by atoms with E-state index in [4.69, 9.17) is 0 Å². The van der Waals surface area contributed by atoms with Crippen molar-refractivity contribution in [3.8, 4) is 0 Å². The normalized spacial score (nSPS) is 14.7. The van der Waals surface area contributed by atoms with Crippen molar-refractivity contribution in [2.24, 2.45) is 0 Å². The number of nitrogens with zero attached hydrogens (tertiary/aromatic N) is 1. The fourth-order valence-corrected chi connectivity index (χ4v) is 2.23. The summed E-state index contributed by atoms with van der Waals surface area (Å²) >= 11 is 4.83. The lowest BCUT2D eigenvalue weighted by Crippen LogP contribution is -2.46. The van der Waals surface area contributed by atoms with E-state index in [-0.39, 0.29) is 11.4 Å². The highest BCUT2D eigenvalue weighted by atomic mass is 79.9. The van der Waals surface area contributed by atoms with Crippen molar-refractivity contribution in [2.75, 3.05) is 5.33 Å². The molecule has 1 atom stereocenters. The van der Waals surface area contributed by atoms with Crippen molar-refractivity contribution >= 4 is 33.2 Å². The van der Waals surface area contributed by atoms with Crippen LogP contribution in [0.4, 0.5) is 0 Å². The number of halogens is 1. The summed E-state index contributed by atoms with van der Waals surface area (Å²) < 4.78 is 0. The number of nitrogens with one attached hydrogen (secondary N) is 1. The predicted octanol–water partition coefficient (Wildman–Crippen LogP) is 2.74. The minimum atomic E-state index is -0.186. The monoisotopic (exact) mass is 290 g/mol. The van der Waals surface area contributed by atoms with Gasteiger partial charge in [-0.1, -0.05) is 22.9 Å². The summed E-state index contributed by atoms with van der Waals surface area (Å²) in [6, 6.07) is 0. The topological polar surface area (TPSA) is 42.0 Å². The lowest BCUT2D eigenvalue weighted by atomic mass is 10.0. The van der Waals surface area contributed by atoms with Crippen molar-refractivity contribution in [3.05, 3.63) is 16.1 Å². The highest BCUT2D eigenvalue weighted by molar-refractivity contribution is 9.09. The SMILES string of the molecule is CCC(C)(CBr)NC(=O)c1cnc(C)s1. The van der Waals surface area contributed by atoms with E-state index in [2.05, 4.69) is 33.2 Å². The number of alkyl halides is 1. The van der Waals surface area contributed by atoms with E-state index in [0.717, 1.165) is 16.8 Å². The highest BCUT2D eigenvalue weighted by Gasteiger charge is 2.24. The summed E-state index contributed by atoms with van der Waals surface area (Å²) in [6.45, 7) is 5.97. The second-order valence-corrected chi connectivity index (χ2v) is 5.54. The van der Waals surface area contributed by atoms with Crippen LogP contribution in [0, 0.1) is 6.92 Å². The maximum absolute atomic E-state index is 11.8. The Morgan fingerprint density at radius 1 is 1.73 bits per heavy atom. The molecule has 0 fully saturated rings. The minimum Gasteiger partial charge on any atom is -0.345 e. The van der Waals surface area contributed by atoms with E-state index in [1.807, 2.05) is 13.8 Å². The van der Waals surface area contributed by atoms with Crippen molar-refractivity contribution in [1.82, 2.24) is 10.3 Å². The largest absolute Gasteiger partial charge is 0.345 e. The Morgan fingerprint density at radius 2 is 2.40 bits per heavy atom. The molecule has 1 heterocycles. The van der Waals surface area contributed by atoms with Gasteiger partial charge >= 0.3 is 0 Å². The average molecular weight is 291 g/mol. The zero-order chi connectivity index (χ0) is 11.5. The van der Waals surface area contributed by atoms with Crippen molar-refractivity contribution in [2.45, 2.75) is 32.7 Å². The van der Waals surface area contributed by atoms with E-state index in [1.165, 1.54) is 11.3 Å². The molecule has 0 spiro atoms. The zero-order valence-electron chi connectivity index (χ0n) is 9.13. The first-order chi connectivity index (χ1) is 7.00. The first-order valence-corrected chi connectivity index (χ1v) is 6.75. The Kier molecular flexibility index (Phi) is 4.28. The Balaban J connectivity index is 2.71. The molecule has 3 nitrogen and oxygen atoms in total. The summed E-state index contributed by atoms with van der Waals surface area (Å²) in [5.41, 5.74) is -0.186. The lowest BCUT2D eigenvalue weighted by molar-refractivity contribution is 0.0917. The van der Waals surface area contributed by atoms with Gasteiger partial charge in [0.05, 0.1) is 11.2 Å². The lowest BCUT2D eigenvalue weighted by Gasteiger charge is -2.26. The van der Waals surface area contributed by atoms with E-state index >= 15 is 0 Å². The molecule has 0 saturated carbocycles. The van der Waals surface area contributed by atoms with Gasteiger partial charge in [0.2, 0.25) is 0 Å². The first kappa shape index (κ1) is 12.6. The molecule has 1 unspecified atom stereocenters. The fraction of sp³-hybridized carbons (Fsp3) is 0.600. The number of carbonyl (C=O) groups is 1. The zero-order valence-corrected chi connectivity index (χ0v) is 11.5. The van der Waals surface area contributed by atoms with Crippen LogP contribution >= 0.6 is 27.3 Å². The Hall–Kier alpha value is -0.420. The Labute approximate surface area is 102 Å². The number of aryl methyl sites for hydroxylation is 1.